The number of rotatable bonds is 5. The summed E-state index contributed by atoms with van der Waals surface area (Å²) in [6.45, 7) is -1.48. The van der Waals surface area contributed by atoms with Gasteiger partial charge in [-0.2, -0.15) is 18.4 Å². The number of aromatic nitrogens is 1. The SMILES string of the molecule is N#CC1CC(F)(F)CN1C(=O)CNC(=O)c1ccncc1C=Cc1ccc(C(F)(F)F)cc1. The highest BCUT2D eigenvalue weighted by molar-refractivity contribution is 6.00. The standard InChI is InChI=1S/C22H17F5N4O2/c23-21(24)9-17(10-28)31(13-21)19(32)12-30-20(33)18-7-8-29-11-15(18)4-1-14-2-5-16(6-3-14)22(25,26)27/h1-8,11,17H,9,12-13H2,(H,30,33). The zero-order valence-corrected chi connectivity index (χ0v) is 16.9. The third kappa shape index (κ3) is 5.91. The Hall–Kier alpha value is -3.81. The summed E-state index contributed by atoms with van der Waals surface area (Å²) in [5.74, 6) is -4.67. The highest BCUT2D eigenvalue weighted by Gasteiger charge is 2.47. The van der Waals surface area contributed by atoms with Crippen LogP contribution < -0.4 is 5.32 Å². The quantitative estimate of drug-likeness (QED) is 0.683. The third-order valence-electron chi connectivity index (χ3n) is 4.93. The molecule has 0 aliphatic carbocycles. The van der Waals surface area contributed by atoms with E-state index in [0.717, 1.165) is 17.0 Å². The van der Waals surface area contributed by atoms with Crippen molar-refractivity contribution >= 4 is 24.0 Å². The Balaban J connectivity index is 1.67. The normalized spacial score (nSPS) is 17.7. The second-order valence-corrected chi connectivity index (χ2v) is 7.33. The van der Waals surface area contributed by atoms with Crippen LogP contribution in [0.15, 0.2) is 42.7 Å². The Morgan fingerprint density at radius 3 is 2.55 bits per heavy atom. The lowest BCUT2D eigenvalue weighted by atomic mass is 10.1. The minimum Gasteiger partial charge on any atom is -0.343 e. The van der Waals surface area contributed by atoms with Gasteiger partial charge in [-0.05, 0) is 23.8 Å². The first-order valence-corrected chi connectivity index (χ1v) is 9.65. The number of carbonyl (C=O) groups is 2. The zero-order valence-electron chi connectivity index (χ0n) is 16.9. The lowest BCUT2D eigenvalue weighted by molar-refractivity contribution is -0.137. The van der Waals surface area contributed by atoms with Crippen LogP contribution in [0.25, 0.3) is 12.2 Å². The number of halogens is 5. The largest absolute Gasteiger partial charge is 0.416 e. The lowest BCUT2D eigenvalue weighted by Gasteiger charge is -2.19. The van der Waals surface area contributed by atoms with Crippen LogP contribution in [0.3, 0.4) is 0 Å². The molecule has 1 aromatic carbocycles. The van der Waals surface area contributed by atoms with E-state index in [9.17, 15) is 31.5 Å². The fraction of sp³-hybridized carbons (Fsp3) is 0.273. The Morgan fingerprint density at radius 1 is 1.21 bits per heavy atom. The Kier molecular flexibility index (Phi) is 6.76. The lowest BCUT2D eigenvalue weighted by Crippen LogP contribution is -2.43. The van der Waals surface area contributed by atoms with Gasteiger partial charge in [0.25, 0.3) is 11.8 Å². The van der Waals surface area contributed by atoms with E-state index in [1.807, 2.05) is 0 Å². The Bertz CT molecular complexity index is 1110. The van der Waals surface area contributed by atoms with Crippen molar-refractivity contribution in [3.8, 4) is 6.07 Å². The van der Waals surface area contributed by atoms with E-state index in [-0.39, 0.29) is 5.56 Å². The molecule has 11 heteroatoms. The van der Waals surface area contributed by atoms with Gasteiger partial charge in [-0.3, -0.25) is 14.6 Å². The number of nitrogens with one attached hydrogen (secondary N) is 1. The van der Waals surface area contributed by atoms with Crippen LogP contribution in [0.1, 0.15) is 33.5 Å². The molecule has 1 atom stereocenters. The summed E-state index contributed by atoms with van der Waals surface area (Å²) in [5.41, 5.74) is 0.0977. The van der Waals surface area contributed by atoms with E-state index in [2.05, 4.69) is 10.3 Å². The monoisotopic (exact) mass is 464 g/mol. The molecule has 2 aromatic rings. The first kappa shape index (κ1) is 23.8. The van der Waals surface area contributed by atoms with Crippen molar-refractivity contribution in [3.05, 3.63) is 65.0 Å². The van der Waals surface area contributed by atoms with Crippen LogP contribution in [0.5, 0.6) is 0 Å². The van der Waals surface area contributed by atoms with E-state index >= 15 is 0 Å². The third-order valence-corrected chi connectivity index (χ3v) is 4.93. The van der Waals surface area contributed by atoms with E-state index in [0.29, 0.717) is 11.1 Å². The van der Waals surface area contributed by atoms with Crippen LogP contribution in [0.2, 0.25) is 0 Å². The topological polar surface area (TPSA) is 86.1 Å². The molecule has 1 aliphatic rings. The number of amides is 2. The summed E-state index contributed by atoms with van der Waals surface area (Å²) in [6, 6.07) is 6.15. The molecule has 1 N–H and O–H groups in total. The average Bonchev–Trinajstić information content (AvgIpc) is 3.10. The van der Waals surface area contributed by atoms with E-state index in [4.69, 9.17) is 5.26 Å². The van der Waals surface area contributed by atoms with Crippen molar-refractivity contribution in [1.82, 2.24) is 15.2 Å². The van der Waals surface area contributed by atoms with Crippen molar-refractivity contribution in [1.29, 1.82) is 5.26 Å². The predicted molar refractivity (Wildman–Crippen MR) is 108 cm³/mol. The number of alkyl halides is 5. The summed E-state index contributed by atoms with van der Waals surface area (Å²) in [5, 5.41) is 11.3. The number of carbonyl (C=O) groups excluding carboxylic acids is 2. The van der Waals surface area contributed by atoms with Crippen molar-refractivity contribution in [3.63, 3.8) is 0 Å². The van der Waals surface area contributed by atoms with Gasteiger partial charge in [0.15, 0.2) is 0 Å². The molecule has 3 rings (SSSR count). The van der Waals surface area contributed by atoms with E-state index in [1.165, 1.54) is 42.7 Å². The first-order chi connectivity index (χ1) is 15.5. The number of pyridine rings is 1. The molecule has 0 spiro atoms. The molecule has 33 heavy (non-hydrogen) atoms. The van der Waals surface area contributed by atoms with Gasteiger partial charge in [0.1, 0.15) is 6.04 Å². The average molecular weight is 464 g/mol. The van der Waals surface area contributed by atoms with Gasteiger partial charge >= 0.3 is 6.18 Å². The van der Waals surface area contributed by atoms with Crippen LogP contribution >= 0.6 is 0 Å². The predicted octanol–water partition coefficient (Wildman–Crippen LogP) is 3.76. The van der Waals surface area contributed by atoms with E-state index < -0.39 is 55.0 Å². The summed E-state index contributed by atoms with van der Waals surface area (Å²) in [7, 11) is 0. The highest BCUT2D eigenvalue weighted by Crippen LogP contribution is 2.31. The van der Waals surface area contributed by atoms with Crippen LogP contribution in [0.4, 0.5) is 22.0 Å². The molecule has 0 radical (unpaired) electrons. The van der Waals surface area contributed by atoms with Crippen molar-refractivity contribution < 1.29 is 31.5 Å². The van der Waals surface area contributed by atoms with Crippen LogP contribution in [-0.2, 0) is 11.0 Å². The highest BCUT2D eigenvalue weighted by atomic mass is 19.4. The molecule has 0 saturated carbocycles. The maximum atomic E-state index is 13.5. The van der Waals surface area contributed by atoms with Crippen molar-refractivity contribution in [2.75, 3.05) is 13.1 Å². The van der Waals surface area contributed by atoms with Crippen LogP contribution in [0, 0.1) is 11.3 Å². The summed E-state index contributed by atoms with van der Waals surface area (Å²) >= 11 is 0. The minimum atomic E-state index is -4.45. The second kappa shape index (κ2) is 9.36. The first-order valence-electron chi connectivity index (χ1n) is 9.65. The molecule has 1 unspecified atom stereocenters. The Morgan fingerprint density at radius 2 is 1.91 bits per heavy atom. The maximum absolute atomic E-state index is 13.5. The fourth-order valence-corrected chi connectivity index (χ4v) is 3.26. The second-order valence-electron chi connectivity index (χ2n) is 7.33. The number of hydrogen-bond donors (Lipinski definition) is 1. The summed E-state index contributed by atoms with van der Waals surface area (Å²) < 4.78 is 65.0. The zero-order chi connectivity index (χ0) is 24.2. The van der Waals surface area contributed by atoms with E-state index in [1.54, 1.807) is 6.07 Å². The molecule has 172 valence electrons. The maximum Gasteiger partial charge on any atom is 0.416 e. The number of nitrogens with zero attached hydrogens (tertiary/aromatic N) is 3. The van der Waals surface area contributed by atoms with Gasteiger partial charge in [-0.25, -0.2) is 8.78 Å². The number of nitriles is 1. The molecule has 2 heterocycles. The number of hydrogen-bond acceptors (Lipinski definition) is 4. The number of likely N-dealkylation sites (tertiary alicyclic amines) is 1. The minimum absolute atomic E-state index is 0.115. The van der Waals surface area contributed by atoms with Gasteiger partial charge in [0.05, 0.1) is 24.7 Å². The molecule has 0 bridgehead atoms. The Labute approximate surface area is 185 Å². The van der Waals surface area contributed by atoms with Crippen molar-refractivity contribution in [2.45, 2.75) is 24.6 Å². The molecular weight excluding hydrogens is 447 g/mol. The van der Waals surface area contributed by atoms with Gasteiger partial charge in [-0.15, -0.1) is 0 Å². The van der Waals surface area contributed by atoms with Gasteiger partial charge in [-0.1, -0.05) is 24.3 Å². The van der Waals surface area contributed by atoms with Crippen LogP contribution in [-0.4, -0.2) is 46.8 Å². The molecular formula is C22H17F5N4O2. The molecule has 6 nitrogen and oxygen atoms in total. The van der Waals surface area contributed by atoms with Gasteiger partial charge in [0, 0.05) is 29.9 Å². The molecule has 1 fully saturated rings. The van der Waals surface area contributed by atoms with Gasteiger partial charge in [0.2, 0.25) is 5.91 Å². The van der Waals surface area contributed by atoms with Crippen molar-refractivity contribution in [2.24, 2.45) is 0 Å². The summed E-state index contributed by atoms with van der Waals surface area (Å²) in [4.78, 5) is 29.4. The summed E-state index contributed by atoms with van der Waals surface area (Å²) in [6.07, 6.45) is 0.434. The molecule has 1 aliphatic heterocycles. The molecule has 2 amide bonds. The van der Waals surface area contributed by atoms with Gasteiger partial charge < -0.3 is 10.2 Å². The molecule has 1 aromatic heterocycles. The molecule has 1 saturated heterocycles. The fourth-order valence-electron chi connectivity index (χ4n) is 3.26. The smallest absolute Gasteiger partial charge is 0.343 e. The number of benzene rings is 1.